The first-order valence-electron chi connectivity index (χ1n) is 6.80. The van der Waals surface area contributed by atoms with Crippen LogP contribution in [-0.2, 0) is 9.59 Å². The summed E-state index contributed by atoms with van der Waals surface area (Å²) in [5.41, 5.74) is 0. The second-order valence-electron chi connectivity index (χ2n) is 4.98. The van der Waals surface area contributed by atoms with Gasteiger partial charge in [0.1, 0.15) is 6.04 Å². The van der Waals surface area contributed by atoms with Crippen LogP contribution in [0.2, 0.25) is 0 Å². The molecule has 1 unspecified atom stereocenters. The van der Waals surface area contributed by atoms with E-state index in [4.69, 9.17) is 5.11 Å². The molecule has 1 rings (SSSR count). The fraction of sp³-hybridized carbons (Fsp3) is 0.846. The lowest BCUT2D eigenvalue weighted by molar-refractivity contribution is -0.141. The molecule has 5 heteroatoms. The summed E-state index contributed by atoms with van der Waals surface area (Å²) in [7, 11) is 0. The molecular formula is C13H24N2O3. The zero-order chi connectivity index (χ0) is 13.5. The Labute approximate surface area is 109 Å². The molecule has 1 fully saturated rings. The van der Waals surface area contributed by atoms with Crippen molar-refractivity contribution in [3.63, 3.8) is 0 Å². The minimum absolute atomic E-state index is 0.197. The van der Waals surface area contributed by atoms with Crippen LogP contribution in [0.3, 0.4) is 0 Å². The third-order valence-electron chi connectivity index (χ3n) is 3.59. The average molecular weight is 256 g/mol. The monoisotopic (exact) mass is 256 g/mol. The number of nitrogens with one attached hydrogen (secondary N) is 1. The van der Waals surface area contributed by atoms with E-state index in [1.807, 2.05) is 6.92 Å². The van der Waals surface area contributed by atoms with E-state index in [9.17, 15) is 9.59 Å². The van der Waals surface area contributed by atoms with Crippen LogP contribution >= 0.6 is 0 Å². The second-order valence-corrected chi connectivity index (χ2v) is 4.98. The minimum atomic E-state index is -0.996. The van der Waals surface area contributed by atoms with Gasteiger partial charge in [0.25, 0.3) is 0 Å². The highest BCUT2D eigenvalue weighted by Crippen LogP contribution is 2.22. The van der Waals surface area contributed by atoms with Crippen molar-refractivity contribution >= 4 is 11.9 Å². The molecule has 0 aromatic carbocycles. The summed E-state index contributed by atoms with van der Waals surface area (Å²) < 4.78 is 0. The molecule has 0 aromatic rings. The largest absolute Gasteiger partial charge is 0.480 e. The van der Waals surface area contributed by atoms with Crippen LogP contribution in [0.1, 0.15) is 46.0 Å². The number of aliphatic carboxylic acids is 1. The van der Waals surface area contributed by atoms with Crippen LogP contribution in [0, 0.1) is 0 Å². The van der Waals surface area contributed by atoms with E-state index < -0.39 is 12.0 Å². The highest BCUT2D eigenvalue weighted by Gasteiger charge is 2.23. The maximum atomic E-state index is 11.8. The first kappa shape index (κ1) is 15.0. The van der Waals surface area contributed by atoms with E-state index in [-0.39, 0.29) is 5.91 Å². The third kappa shape index (κ3) is 4.64. The Hall–Kier alpha value is -1.10. The van der Waals surface area contributed by atoms with Crippen LogP contribution in [0.25, 0.3) is 0 Å². The molecule has 0 spiro atoms. The molecule has 0 aliphatic heterocycles. The summed E-state index contributed by atoms with van der Waals surface area (Å²) in [6, 6.07) is -0.336. The molecular weight excluding hydrogens is 232 g/mol. The summed E-state index contributed by atoms with van der Waals surface area (Å²) in [4.78, 5) is 24.6. The van der Waals surface area contributed by atoms with Gasteiger partial charge in [-0.05, 0) is 26.3 Å². The standard InChI is InChI=1S/C13H24N2O3/c1-3-15(11-7-5-4-6-8-11)9-12(16)14-10(2)13(17)18/h10-11H,3-9H2,1-2H3,(H,14,16)(H,17,18). The van der Waals surface area contributed by atoms with Crippen LogP contribution in [0.15, 0.2) is 0 Å². The van der Waals surface area contributed by atoms with Gasteiger partial charge in [0, 0.05) is 6.04 Å². The Kier molecular flexibility index (Phi) is 6.12. The van der Waals surface area contributed by atoms with Crippen molar-refractivity contribution in [2.24, 2.45) is 0 Å². The number of carbonyl (C=O) groups excluding carboxylic acids is 1. The third-order valence-corrected chi connectivity index (χ3v) is 3.59. The summed E-state index contributed by atoms with van der Waals surface area (Å²) in [5, 5.41) is 11.2. The molecule has 1 aliphatic rings. The number of carboxylic acids is 1. The molecule has 0 heterocycles. The number of hydrogen-bond acceptors (Lipinski definition) is 3. The van der Waals surface area contributed by atoms with Crippen molar-refractivity contribution in [3.05, 3.63) is 0 Å². The van der Waals surface area contributed by atoms with Gasteiger partial charge in [0.05, 0.1) is 6.54 Å². The lowest BCUT2D eigenvalue weighted by atomic mass is 9.94. The van der Waals surface area contributed by atoms with Crippen molar-refractivity contribution in [3.8, 4) is 0 Å². The summed E-state index contributed by atoms with van der Waals surface area (Å²) in [5.74, 6) is -1.19. The number of amides is 1. The van der Waals surface area contributed by atoms with E-state index in [2.05, 4.69) is 10.2 Å². The molecule has 5 nitrogen and oxygen atoms in total. The highest BCUT2D eigenvalue weighted by atomic mass is 16.4. The number of likely N-dealkylation sites (N-methyl/N-ethyl adjacent to an activating group) is 1. The Morgan fingerprint density at radius 2 is 1.94 bits per heavy atom. The van der Waals surface area contributed by atoms with Gasteiger partial charge in [-0.1, -0.05) is 26.2 Å². The van der Waals surface area contributed by atoms with Crippen molar-refractivity contribution in [2.75, 3.05) is 13.1 Å². The van der Waals surface area contributed by atoms with Gasteiger partial charge in [-0.15, -0.1) is 0 Å². The second kappa shape index (κ2) is 7.36. The van der Waals surface area contributed by atoms with E-state index in [0.29, 0.717) is 12.6 Å². The Morgan fingerprint density at radius 1 is 1.33 bits per heavy atom. The van der Waals surface area contributed by atoms with Crippen molar-refractivity contribution < 1.29 is 14.7 Å². The van der Waals surface area contributed by atoms with Crippen molar-refractivity contribution in [2.45, 2.75) is 58.0 Å². The van der Waals surface area contributed by atoms with Gasteiger partial charge in [-0.3, -0.25) is 14.5 Å². The molecule has 1 atom stereocenters. The Morgan fingerprint density at radius 3 is 2.44 bits per heavy atom. The van der Waals surface area contributed by atoms with Crippen molar-refractivity contribution in [1.29, 1.82) is 0 Å². The maximum Gasteiger partial charge on any atom is 0.325 e. The first-order chi connectivity index (χ1) is 8.54. The molecule has 1 saturated carbocycles. The van der Waals surface area contributed by atoms with Gasteiger partial charge in [-0.2, -0.15) is 0 Å². The van der Waals surface area contributed by atoms with Crippen LogP contribution in [-0.4, -0.2) is 47.1 Å². The smallest absolute Gasteiger partial charge is 0.325 e. The summed E-state index contributed by atoms with van der Waals surface area (Å²) >= 11 is 0. The van der Waals surface area contributed by atoms with E-state index in [1.54, 1.807) is 0 Å². The van der Waals surface area contributed by atoms with Gasteiger partial charge in [-0.25, -0.2) is 0 Å². The molecule has 2 N–H and O–H groups in total. The predicted octanol–water partition coefficient (Wildman–Crippen LogP) is 1.23. The Bertz CT molecular complexity index is 288. The molecule has 0 radical (unpaired) electrons. The van der Waals surface area contributed by atoms with Crippen LogP contribution in [0.5, 0.6) is 0 Å². The minimum Gasteiger partial charge on any atom is -0.480 e. The van der Waals surface area contributed by atoms with Crippen molar-refractivity contribution in [1.82, 2.24) is 10.2 Å². The molecule has 104 valence electrons. The van der Waals surface area contributed by atoms with Gasteiger partial charge in [0.2, 0.25) is 5.91 Å². The zero-order valence-electron chi connectivity index (χ0n) is 11.3. The number of carboxylic acid groups (broad SMARTS) is 1. The first-order valence-corrected chi connectivity index (χ1v) is 6.80. The number of nitrogens with zero attached hydrogens (tertiary/aromatic N) is 1. The quantitative estimate of drug-likeness (QED) is 0.750. The average Bonchev–Trinajstić information content (AvgIpc) is 2.36. The van der Waals surface area contributed by atoms with Gasteiger partial charge >= 0.3 is 5.97 Å². The number of carbonyl (C=O) groups is 2. The van der Waals surface area contributed by atoms with Gasteiger partial charge in [0.15, 0.2) is 0 Å². The van der Waals surface area contributed by atoms with Crippen LogP contribution < -0.4 is 5.32 Å². The van der Waals surface area contributed by atoms with Gasteiger partial charge < -0.3 is 10.4 Å². The predicted molar refractivity (Wildman–Crippen MR) is 69.4 cm³/mol. The number of rotatable bonds is 6. The fourth-order valence-corrected chi connectivity index (χ4v) is 2.48. The maximum absolute atomic E-state index is 11.8. The van der Waals surface area contributed by atoms with E-state index in [1.165, 1.54) is 26.2 Å². The highest BCUT2D eigenvalue weighted by molar-refractivity contribution is 5.84. The SMILES string of the molecule is CCN(CC(=O)NC(C)C(=O)O)C1CCCCC1. The lowest BCUT2D eigenvalue weighted by Crippen LogP contribution is -2.47. The lowest BCUT2D eigenvalue weighted by Gasteiger charge is -2.33. The molecule has 1 aliphatic carbocycles. The van der Waals surface area contributed by atoms with Crippen LogP contribution in [0.4, 0.5) is 0 Å². The molecule has 0 saturated heterocycles. The molecule has 18 heavy (non-hydrogen) atoms. The summed E-state index contributed by atoms with van der Waals surface area (Å²) in [6.07, 6.45) is 6.05. The van der Waals surface area contributed by atoms with E-state index >= 15 is 0 Å². The summed E-state index contributed by atoms with van der Waals surface area (Å²) in [6.45, 7) is 4.66. The Balaban J connectivity index is 2.41. The normalized spacial score (nSPS) is 18.6. The zero-order valence-corrected chi connectivity index (χ0v) is 11.3. The molecule has 1 amide bonds. The molecule has 0 aromatic heterocycles. The van der Waals surface area contributed by atoms with E-state index in [0.717, 1.165) is 19.4 Å². The number of hydrogen-bond donors (Lipinski definition) is 2. The topological polar surface area (TPSA) is 69.6 Å². The fourth-order valence-electron chi connectivity index (χ4n) is 2.48. The molecule has 0 bridgehead atoms.